The predicted octanol–water partition coefficient (Wildman–Crippen LogP) is 5.16. The quantitative estimate of drug-likeness (QED) is 0.386. The van der Waals surface area contributed by atoms with Crippen LogP contribution >= 0.6 is 11.3 Å². The number of para-hydroxylation sites is 2. The summed E-state index contributed by atoms with van der Waals surface area (Å²) in [6.07, 6.45) is 0.668. The first-order valence-corrected chi connectivity index (χ1v) is 13.4. The minimum atomic E-state index is -0.253. The molecule has 38 heavy (non-hydrogen) atoms. The van der Waals surface area contributed by atoms with Gasteiger partial charge in [0.25, 0.3) is 5.91 Å². The Labute approximate surface area is 224 Å². The number of hydrogen-bond donors (Lipinski definition) is 2. The van der Waals surface area contributed by atoms with Crippen LogP contribution in [-0.2, 0) is 13.0 Å². The van der Waals surface area contributed by atoms with Crippen molar-refractivity contribution in [2.24, 2.45) is 0 Å². The van der Waals surface area contributed by atoms with E-state index in [-0.39, 0.29) is 11.9 Å². The van der Waals surface area contributed by atoms with Gasteiger partial charge in [-0.3, -0.25) is 10.1 Å². The number of carbonyl (C=O) groups is 2. The van der Waals surface area contributed by atoms with Crippen molar-refractivity contribution in [1.82, 2.24) is 10.3 Å². The Balaban J connectivity index is 1.29. The van der Waals surface area contributed by atoms with Crippen LogP contribution in [0.2, 0.25) is 0 Å². The molecule has 0 saturated carbocycles. The first-order valence-electron chi connectivity index (χ1n) is 12.6. The Morgan fingerprint density at radius 3 is 2.71 bits per heavy atom. The number of nitrogens with one attached hydrogen (secondary N) is 2. The van der Waals surface area contributed by atoms with E-state index in [1.165, 1.54) is 11.3 Å². The molecule has 0 fully saturated rings. The highest BCUT2D eigenvalue weighted by molar-refractivity contribution is 7.19. The smallest absolute Gasteiger partial charge is 0.319 e. The second kappa shape index (κ2) is 10.2. The number of urea groups is 1. The van der Waals surface area contributed by atoms with Crippen LogP contribution in [0.3, 0.4) is 0 Å². The summed E-state index contributed by atoms with van der Waals surface area (Å²) in [7, 11) is 1.59. The number of anilines is 3. The molecule has 0 bridgehead atoms. The van der Waals surface area contributed by atoms with Crippen molar-refractivity contribution in [3.05, 3.63) is 89.6 Å². The number of nitrogens with zero attached hydrogens (tertiary/aromatic N) is 3. The molecule has 4 aromatic rings. The maximum Gasteiger partial charge on any atom is 0.319 e. The number of fused-ring (bicyclic) bond motifs is 4. The molecule has 2 aromatic carbocycles. The molecule has 9 heteroatoms. The summed E-state index contributed by atoms with van der Waals surface area (Å²) in [6, 6.07) is 23.3. The zero-order chi connectivity index (χ0) is 26.1. The highest BCUT2D eigenvalue weighted by Gasteiger charge is 2.28. The molecule has 2 aliphatic heterocycles. The van der Waals surface area contributed by atoms with E-state index in [4.69, 9.17) is 9.72 Å². The Hall–Kier alpha value is -4.37. The summed E-state index contributed by atoms with van der Waals surface area (Å²) in [5, 5.41) is 6.24. The lowest BCUT2D eigenvalue weighted by molar-refractivity contribution is 0.0982. The molecule has 2 aromatic heterocycles. The van der Waals surface area contributed by atoms with E-state index >= 15 is 0 Å². The first kappa shape index (κ1) is 24.0. The number of rotatable bonds is 3. The summed E-state index contributed by atoms with van der Waals surface area (Å²) < 4.78 is 5.91. The van der Waals surface area contributed by atoms with Gasteiger partial charge in [0.05, 0.1) is 17.2 Å². The summed E-state index contributed by atoms with van der Waals surface area (Å²) in [5.74, 6) is 1.51. The molecule has 0 aliphatic carbocycles. The van der Waals surface area contributed by atoms with Gasteiger partial charge in [-0.05, 0) is 42.3 Å². The minimum absolute atomic E-state index is 0.135. The monoisotopic (exact) mass is 525 g/mol. The van der Waals surface area contributed by atoms with E-state index in [2.05, 4.69) is 21.6 Å². The average Bonchev–Trinajstić information content (AvgIpc) is 3.13. The van der Waals surface area contributed by atoms with Crippen LogP contribution in [0.1, 0.15) is 21.6 Å². The van der Waals surface area contributed by atoms with Crippen molar-refractivity contribution in [3.63, 3.8) is 0 Å². The summed E-state index contributed by atoms with van der Waals surface area (Å²) in [6.45, 7) is 2.41. The SMILES string of the molecule is CNC(=O)Nc1cc2c(s1)-c1ccccc1N(C(=O)c1cccc(N3CCOc4ccccc4C3)n1)CC2. The molecule has 6 rings (SSSR count). The fourth-order valence-corrected chi connectivity index (χ4v) is 6.06. The standard InChI is InChI=1S/C29H27N5O3S/c1-30-29(36)32-26-17-19-13-14-34(23-10-4-3-8-21(23)27(19)38-26)28(35)22-9-6-12-25(31-22)33-15-16-37-24-11-5-2-7-20(24)18-33/h2-12,17H,13-16,18H2,1H3,(H2,30,32,36). The lowest BCUT2D eigenvalue weighted by atomic mass is 10.1. The van der Waals surface area contributed by atoms with E-state index in [1.807, 2.05) is 65.6 Å². The maximum absolute atomic E-state index is 13.9. The molecular weight excluding hydrogens is 498 g/mol. The van der Waals surface area contributed by atoms with Crippen LogP contribution in [0.25, 0.3) is 10.4 Å². The third kappa shape index (κ3) is 4.56. The van der Waals surface area contributed by atoms with Crippen LogP contribution in [0.4, 0.5) is 21.3 Å². The minimum Gasteiger partial charge on any atom is -0.491 e. The van der Waals surface area contributed by atoms with Crippen molar-refractivity contribution in [2.45, 2.75) is 13.0 Å². The molecule has 0 saturated heterocycles. The fraction of sp³-hybridized carbons (Fsp3) is 0.207. The lowest BCUT2D eigenvalue weighted by Gasteiger charge is -2.24. The number of amides is 3. The number of hydrogen-bond acceptors (Lipinski definition) is 6. The van der Waals surface area contributed by atoms with E-state index in [0.29, 0.717) is 38.4 Å². The van der Waals surface area contributed by atoms with Gasteiger partial charge in [-0.15, -0.1) is 11.3 Å². The Morgan fingerprint density at radius 1 is 0.974 bits per heavy atom. The summed E-state index contributed by atoms with van der Waals surface area (Å²) >= 11 is 1.52. The number of carbonyl (C=O) groups excluding carboxylic acids is 2. The van der Waals surface area contributed by atoms with Gasteiger partial charge in [0, 0.05) is 36.1 Å². The van der Waals surface area contributed by atoms with Gasteiger partial charge >= 0.3 is 6.03 Å². The van der Waals surface area contributed by atoms with Crippen molar-refractivity contribution < 1.29 is 14.3 Å². The molecule has 0 spiro atoms. The van der Waals surface area contributed by atoms with Crippen LogP contribution in [0.5, 0.6) is 5.75 Å². The molecule has 0 unspecified atom stereocenters. The second-order valence-electron chi connectivity index (χ2n) is 9.15. The van der Waals surface area contributed by atoms with Crippen molar-refractivity contribution in [3.8, 4) is 16.2 Å². The number of aromatic nitrogens is 1. The third-order valence-corrected chi connectivity index (χ3v) is 7.92. The van der Waals surface area contributed by atoms with Crippen LogP contribution in [-0.4, -0.2) is 43.7 Å². The predicted molar refractivity (Wildman–Crippen MR) is 150 cm³/mol. The van der Waals surface area contributed by atoms with Crippen molar-refractivity contribution in [1.29, 1.82) is 0 Å². The van der Waals surface area contributed by atoms with Crippen LogP contribution < -0.4 is 25.2 Å². The fourth-order valence-electron chi connectivity index (χ4n) is 4.92. The molecule has 192 valence electrons. The van der Waals surface area contributed by atoms with Gasteiger partial charge in [0.15, 0.2) is 0 Å². The Morgan fingerprint density at radius 2 is 1.82 bits per heavy atom. The molecule has 4 heterocycles. The molecule has 3 amide bonds. The topological polar surface area (TPSA) is 86.8 Å². The Kier molecular flexibility index (Phi) is 6.43. The molecule has 2 N–H and O–H groups in total. The largest absolute Gasteiger partial charge is 0.491 e. The molecule has 2 aliphatic rings. The zero-order valence-corrected chi connectivity index (χ0v) is 21.8. The maximum atomic E-state index is 13.9. The summed E-state index contributed by atoms with van der Waals surface area (Å²) in [4.78, 5) is 35.6. The first-order chi connectivity index (χ1) is 18.6. The van der Waals surface area contributed by atoms with E-state index in [1.54, 1.807) is 13.1 Å². The van der Waals surface area contributed by atoms with Gasteiger partial charge in [-0.1, -0.05) is 42.5 Å². The zero-order valence-electron chi connectivity index (χ0n) is 20.9. The molecule has 0 radical (unpaired) electrons. The highest BCUT2D eigenvalue weighted by Crippen LogP contribution is 2.43. The van der Waals surface area contributed by atoms with Gasteiger partial charge in [-0.25, -0.2) is 9.78 Å². The van der Waals surface area contributed by atoms with Gasteiger partial charge in [-0.2, -0.15) is 0 Å². The van der Waals surface area contributed by atoms with Crippen molar-refractivity contribution in [2.75, 3.05) is 41.9 Å². The van der Waals surface area contributed by atoms with E-state index < -0.39 is 0 Å². The summed E-state index contributed by atoms with van der Waals surface area (Å²) in [5.41, 5.74) is 4.42. The second-order valence-corrected chi connectivity index (χ2v) is 10.2. The molecule has 0 atom stereocenters. The average molecular weight is 526 g/mol. The van der Waals surface area contributed by atoms with E-state index in [0.717, 1.165) is 43.8 Å². The highest BCUT2D eigenvalue weighted by atomic mass is 32.1. The van der Waals surface area contributed by atoms with Gasteiger partial charge in [0.1, 0.15) is 23.9 Å². The number of thiophene rings is 1. The number of ether oxygens (including phenoxy) is 1. The van der Waals surface area contributed by atoms with Crippen LogP contribution in [0, 0.1) is 0 Å². The third-order valence-electron chi connectivity index (χ3n) is 6.79. The van der Waals surface area contributed by atoms with E-state index in [9.17, 15) is 9.59 Å². The van der Waals surface area contributed by atoms with Gasteiger partial charge < -0.3 is 19.9 Å². The normalized spacial score (nSPS) is 14.2. The van der Waals surface area contributed by atoms with Crippen molar-refractivity contribution >= 4 is 39.8 Å². The Bertz CT molecular complexity index is 1520. The van der Waals surface area contributed by atoms with Gasteiger partial charge in [0.2, 0.25) is 0 Å². The van der Waals surface area contributed by atoms with Crippen LogP contribution in [0.15, 0.2) is 72.8 Å². The molecular formula is C29H27N5O3S. The number of pyridine rings is 1. The lowest BCUT2D eigenvalue weighted by Crippen LogP contribution is -2.34. The molecule has 8 nitrogen and oxygen atoms in total. The number of benzene rings is 2.